The molecule has 2 amide bonds. The number of benzene rings is 1. The highest BCUT2D eigenvalue weighted by Gasteiger charge is 2.50. The quantitative estimate of drug-likeness (QED) is 0.0771. The van der Waals surface area contributed by atoms with E-state index in [1.807, 2.05) is 51.6 Å². The first-order chi connectivity index (χ1) is 24.1. The van der Waals surface area contributed by atoms with Gasteiger partial charge in [-0.05, 0) is 65.5 Å². The van der Waals surface area contributed by atoms with E-state index in [1.165, 1.54) is 11.3 Å². The van der Waals surface area contributed by atoms with Crippen LogP contribution in [0.15, 0.2) is 70.6 Å². The largest absolute Gasteiger partial charge is 0.477 e. The molecule has 1 aromatic carbocycles. The van der Waals surface area contributed by atoms with Crippen molar-refractivity contribution < 1.29 is 29.4 Å². The molecule has 2 aliphatic heterocycles. The molecular formula is C40H46N2O6S2. The third-order valence-electron chi connectivity index (χ3n) is 9.71. The van der Waals surface area contributed by atoms with Gasteiger partial charge >= 0.3 is 11.9 Å². The van der Waals surface area contributed by atoms with E-state index >= 15 is 0 Å². The molecule has 2 aromatic heterocycles. The fourth-order valence-electron chi connectivity index (χ4n) is 6.77. The lowest BCUT2D eigenvalue weighted by atomic mass is 9.98. The lowest BCUT2D eigenvalue weighted by molar-refractivity contribution is -0.140. The SMILES string of the molecule is CCCCC(CC)CN1C(=O)C2=C(c3ccc(-c4ccc(C=C(C(=O)O)C(=O)O)cc4)s3)N(CC(CC)CCCC)C(=O)C2=C1c1cccs1. The zero-order valence-corrected chi connectivity index (χ0v) is 30.9. The van der Waals surface area contributed by atoms with Gasteiger partial charge in [0.05, 0.1) is 32.3 Å². The maximum absolute atomic E-state index is 14.7. The van der Waals surface area contributed by atoms with Crippen molar-refractivity contribution >= 4 is 63.9 Å². The van der Waals surface area contributed by atoms with E-state index in [1.54, 1.807) is 23.5 Å². The van der Waals surface area contributed by atoms with Crippen molar-refractivity contribution in [3.05, 3.63) is 85.9 Å². The van der Waals surface area contributed by atoms with Gasteiger partial charge in [0.2, 0.25) is 0 Å². The first kappa shape index (κ1) is 37.0. The topological polar surface area (TPSA) is 115 Å². The lowest BCUT2D eigenvalue weighted by Crippen LogP contribution is -2.34. The molecule has 0 bridgehead atoms. The number of aliphatic carboxylic acids is 2. The number of rotatable bonds is 18. The Kier molecular flexibility index (Phi) is 12.3. The fraction of sp³-hybridized carbons (Fsp3) is 0.400. The van der Waals surface area contributed by atoms with Crippen LogP contribution in [0.2, 0.25) is 0 Å². The number of hydrogen-bond acceptors (Lipinski definition) is 6. The summed E-state index contributed by atoms with van der Waals surface area (Å²) >= 11 is 3.06. The maximum atomic E-state index is 14.7. The van der Waals surface area contributed by atoms with Crippen molar-refractivity contribution in [2.45, 2.75) is 79.1 Å². The summed E-state index contributed by atoms with van der Waals surface area (Å²) in [6, 6.07) is 14.9. The third kappa shape index (κ3) is 7.71. The summed E-state index contributed by atoms with van der Waals surface area (Å²) in [5.74, 6) is -2.59. The summed E-state index contributed by atoms with van der Waals surface area (Å²) in [5, 5.41) is 20.5. The second-order valence-electron chi connectivity index (χ2n) is 13.0. The summed E-state index contributed by atoms with van der Waals surface area (Å²) in [4.78, 5) is 58.5. The molecule has 3 aromatic rings. The maximum Gasteiger partial charge on any atom is 0.343 e. The number of fused-ring (bicyclic) bond motifs is 1. The Labute approximate surface area is 302 Å². The second-order valence-corrected chi connectivity index (χ2v) is 15.1. The Balaban J connectivity index is 1.60. The number of hydrogen-bond donors (Lipinski definition) is 2. The van der Waals surface area contributed by atoms with Crippen molar-refractivity contribution in [3.63, 3.8) is 0 Å². The summed E-state index contributed by atoms with van der Waals surface area (Å²) in [6.07, 6.45) is 9.39. The molecule has 0 saturated heterocycles. The highest BCUT2D eigenvalue weighted by molar-refractivity contribution is 7.16. The van der Waals surface area contributed by atoms with Gasteiger partial charge in [0.1, 0.15) is 5.57 Å². The van der Waals surface area contributed by atoms with Crippen molar-refractivity contribution in [2.24, 2.45) is 11.8 Å². The van der Waals surface area contributed by atoms with Gasteiger partial charge < -0.3 is 20.0 Å². The molecule has 0 fully saturated rings. The van der Waals surface area contributed by atoms with E-state index in [4.69, 9.17) is 0 Å². The van der Waals surface area contributed by atoms with E-state index < -0.39 is 17.5 Å². The Bertz CT molecular complexity index is 1800. The van der Waals surface area contributed by atoms with Crippen molar-refractivity contribution in [1.29, 1.82) is 0 Å². The number of carbonyl (C=O) groups excluding carboxylic acids is 2. The molecule has 8 nitrogen and oxygen atoms in total. The average molecular weight is 715 g/mol. The molecule has 2 unspecified atom stereocenters. The molecule has 2 N–H and O–H groups in total. The van der Waals surface area contributed by atoms with Gasteiger partial charge in [-0.25, -0.2) is 9.59 Å². The van der Waals surface area contributed by atoms with Crippen LogP contribution in [0.25, 0.3) is 27.9 Å². The first-order valence-electron chi connectivity index (χ1n) is 17.7. The first-order valence-corrected chi connectivity index (χ1v) is 19.4. The molecule has 2 atom stereocenters. The van der Waals surface area contributed by atoms with Crippen LogP contribution in [0.3, 0.4) is 0 Å². The molecule has 0 aliphatic carbocycles. The molecule has 0 spiro atoms. The zero-order valence-electron chi connectivity index (χ0n) is 29.2. The molecule has 5 rings (SSSR count). The normalized spacial score (nSPS) is 15.6. The number of thiophene rings is 2. The van der Waals surface area contributed by atoms with Crippen LogP contribution in [-0.4, -0.2) is 56.9 Å². The highest BCUT2D eigenvalue weighted by atomic mass is 32.1. The minimum absolute atomic E-state index is 0.107. The van der Waals surface area contributed by atoms with Crippen LogP contribution >= 0.6 is 22.7 Å². The summed E-state index contributed by atoms with van der Waals surface area (Å²) in [7, 11) is 0. The van der Waals surface area contributed by atoms with Crippen LogP contribution < -0.4 is 0 Å². The molecule has 50 heavy (non-hydrogen) atoms. The number of carboxylic acid groups (broad SMARTS) is 2. The Hall–Kier alpha value is -4.28. The van der Waals surface area contributed by atoms with Gasteiger partial charge in [-0.3, -0.25) is 9.59 Å². The molecule has 10 heteroatoms. The van der Waals surface area contributed by atoms with Gasteiger partial charge in [0.25, 0.3) is 11.8 Å². The summed E-state index contributed by atoms with van der Waals surface area (Å²) in [6.45, 7) is 9.81. The lowest BCUT2D eigenvalue weighted by Gasteiger charge is -2.29. The van der Waals surface area contributed by atoms with Crippen LogP contribution in [0.1, 0.15) is 94.4 Å². The minimum Gasteiger partial charge on any atom is -0.477 e. The smallest absolute Gasteiger partial charge is 0.343 e. The van der Waals surface area contributed by atoms with Gasteiger partial charge in [-0.1, -0.05) is 96.6 Å². The number of carboxylic acids is 2. The van der Waals surface area contributed by atoms with E-state index in [2.05, 4.69) is 27.7 Å². The molecule has 4 heterocycles. The Morgan fingerprint density at radius 3 is 1.70 bits per heavy atom. The van der Waals surface area contributed by atoms with Gasteiger partial charge in [0, 0.05) is 18.0 Å². The van der Waals surface area contributed by atoms with Gasteiger partial charge in [-0.2, -0.15) is 0 Å². The average Bonchev–Trinajstić information content (AvgIpc) is 3.91. The van der Waals surface area contributed by atoms with Crippen LogP contribution in [0, 0.1) is 11.8 Å². The standard InChI is InChI=1S/C40H46N2O6S2/c1-5-9-12-25(7-3)23-41-35(31-14-11-21-49-31)33-34(38(41)44)36(42(37(33)43)24-26(8-4)13-10-6-2)32-20-19-30(50-32)28-17-15-27(16-18-28)22-29(39(45)46)40(47)48/h11,14-22,25-26H,5-10,12-13,23-24H2,1-4H3,(H,45,46)(H,47,48). The van der Waals surface area contributed by atoms with Crippen LogP contribution in [0.5, 0.6) is 0 Å². The van der Waals surface area contributed by atoms with Gasteiger partial charge in [-0.15, -0.1) is 22.7 Å². The highest BCUT2D eigenvalue weighted by Crippen LogP contribution is 2.49. The number of unbranched alkanes of at least 4 members (excludes halogenated alkanes) is 2. The van der Waals surface area contributed by atoms with Crippen LogP contribution in [0.4, 0.5) is 0 Å². The van der Waals surface area contributed by atoms with Crippen LogP contribution in [-0.2, 0) is 19.2 Å². The van der Waals surface area contributed by atoms with E-state index in [9.17, 15) is 29.4 Å². The molecule has 264 valence electrons. The minimum atomic E-state index is -1.50. The predicted octanol–water partition coefficient (Wildman–Crippen LogP) is 9.27. The fourth-order valence-corrected chi connectivity index (χ4v) is 8.62. The van der Waals surface area contributed by atoms with E-state index in [-0.39, 0.29) is 11.8 Å². The summed E-state index contributed by atoms with van der Waals surface area (Å²) in [5.41, 5.74) is 3.04. The molecular weight excluding hydrogens is 669 g/mol. The molecule has 0 radical (unpaired) electrons. The van der Waals surface area contributed by atoms with Crippen molar-refractivity contribution in [2.75, 3.05) is 13.1 Å². The van der Waals surface area contributed by atoms with Gasteiger partial charge in [0.15, 0.2) is 0 Å². The monoisotopic (exact) mass is 714 g/mol. The Morgan fingerprint density at radius 1 is 0.720 bits per heavy atom. The second kappa shape index (κ2) is 16.6. The van der Waals surface area contributed by atoms with E-state index in [0.29, 0.717) is 47.3 Å². The van der Waals surface area contributed by atoms with Crippen molar-refractivity contribution in [1.82, 2.24) is 9.80 Å². The molecule has 2 aliphatic rings. The number of nitrogens with zero attached hydrogens (tertiary/aromatic N) is 2. The summed E-state index contributed by atoms with van der Waals surface area (Å²) < 4.78 is 0. The predicted molar refractivity (Wildman–Crippen MR) is 201 cm³/mol. The number of carbonyl (C=O) groups is 4. The third-order valence-corrected chi connectivity index (χ3v) is 11.7. The Morgan fingerprint density at radius 2 is 1.24 bits per heavy atom. The number of amides is 2. The van der Waals surface area contributed by atoms with Crippen molar-refractivity contribution in [3.8, 4) is 10.4 Å². The zero-order chi connectivity index (χ0) is 35.9. The molecule has 0 saturated carbocycles. The van der Waals surface area contributed by atoms with E-state index in [0.717, 1.165) is 83.3 Å².